The summed E-state index contributed by atoms with van der Waals surface area (Å²) >= 11 is 11.5. The summed E-state index contributed by atoms with van der Waals surface area (Å²) in [4.78, 5) is 22.9. The van der Waals surface area contributed by atoms with E-state index in [1.165, 1.54) is 5.32 Å². The number of rotatable bonds is 4. The normalized spacial score (nSPS) is 18.8. The number of benzene rings is 1. The fraction of sp³-hybridized carbons (Fsp3) is 0.333. The van der Waals surface area contributed by atoms with Gasteiger partial charge in [0.15, 0.2) is 11.5 Å². The molecule has 1 aromatic heterocycles. The third-order valence-electron chi connectivity index (χ3n) is 4.52. The van der Waals surface area contributed by atoms with Crippen LogP contribution in [0.1, 0.15) is 33.9 Å². The molecule has 2 heterocycles. The molecule has 35 heavy (non-hydrogen) atoms. The zero-order valence-corrected chi connectivity index (χ0v) is 18.1. The number of nitrogens with zero attached hydrogens (tertiary/aromatic N) is 3. The lowest BCUT2D eigenvalue weighted by Gasteiger charge is -2.29. The number of oxime groups is 1. The van der Waals surface area contributed by atoms with Crippen molar-refractivity contribution >= 4 is 34.8 Å². The number of hydrogen-bond acceptors (Lipinski definition) is 5. The van der Waals surface area contributed by atoms with Crippen molar-refractivity contribution in [2.24, 2.45) is 5.16 Å². The number of hydrogen-bond donors (Lipinski definition) is 1. The van der Waals surface area contributed by atoms with E-state index in [0.29, 0.717) is 0 Å². The Kier molecular flexibility index (Phi) is 6.89. The first-order valence-electron chi connectivity index (χ1n) is 9.01. The first-order chi connectivity index (χ1) is 15.9. The molecule has 1 unspecified atom stereocenters. The third kappa shape index (κ3) is 5.72. The topological polar surface area (TPSA) is 76.5 Å². The summed E-state index contributed by atoms with van der Waals surface area (Å²) in [6, 6.07) is 2.87. The highest BCUT2D eigenvalue weighted by molar-refractivity contribution is 6.34. The zero-order chi connectivity index (χ0) is 26.4. The minimum atomic E-state index is -5.38. The number of halogens is 11. The Hall–Kier alpha value is -2.81. The van der Waals surface area contributed by atoms with Crippen molar-refractivity contribution in [1.82, 2.24) is 15.3 Å². The summed E-state index contributed by atoms with van der Waals surface area (Å²) in [6.07, 6.45) is -16.5. The molecule has 0 radical (unpaired) electrons. The molecular formula is C18H9Cl2F9N4O2. The van der Waals surface area contributed by atoms with Crippen LogP contribution in [0.4, 0.5) is 39.5 Å². The Bertz CT molecular complexity index is 1160. The van der Waals surface area contributed by atoms with Crippen molar-refractivity contribution in [1.29, 1.82) is 0 Å². The first-order valence-corrected chi connectivity index (χ1v) is 9.76. The van der Waals surface area contributed by atoms with Gasteiger partial charge < -0.3 is 10.2 Å². The van der Waals surface area contributed by atoms with E-state index in [1.54, 1.807) is 0 Å². The molecule has 1 aliphatic rings. The maximum absolute atomic E-state index is 14.0. The van der Waals surface area contributed by atoms with Crippen LogP contribution >= 0.6 is 23.2 Å². The second-order valence-corrected chi connectivity index (χ2v) is 7.91. The molecule has 2 aromatic rings. The molecule has 1 amide bonds. The second-order valence-electron chi connectivity index (χ2n) is 7.04. The van der Waals surface area contributed by atoms with Crippen molar-refractivity contribution in [3.8, 4) is 0 Å². The van der Waals surface area contributed by atoms with Gasteiger partial charge in [-0.2, -0.15) is 39.5 Å². The largest absolute Gasteiger partial charge is 0.435 e. The lowest BCUT2D eigenvalue weighted by molar-refractivity contribution is -0.275. The second kappa shape index (κ2) is 9.00. The average Bonchev–Trinajstić information content (AvgIpc) is 3.17. The molecule has 1 atom stereocenters. The fourth-order valence-corrected chi connectivity index (χ4v) is 3.52. The van der Waals surface area contributed by atoms with E-state index in [0.717, 1.165) is 18.2 Å². The molecule has 0 bridgehead atoms. The lowest BCUT2D eigenvalue weighted by Crippen LogP contribution is -2.42. The third-order valence-corrected chi connectivity index (χ3v) is 4.96. The number of aromatic nitrogens is 2. The number of nitrogens with one attached hydrogen (secondary N) is 1. The van der Waals surface area contributed by atoms with Gasteiger partial charge in [-0.15, -0.1) is 0 Å². The average molecular weight is 555 g/mol. The molecule has 0 fully saturated rings. The van der Waals surface area contributed by atoms with Crippen LogP contribution in [0.2, 0.25) is 10.0 Å². The Labute approximate surface area is 199 Å². The van der Waals surface area contributed by atoms with E-state index in [1.807, 2.05) is 0 Å². The molecule has 6 nitrogen and oxygen atoms in total. The Morgan fingerprint density at radius 2 is 1.63 bits per heavy atom. The van der Waals surface area contributed by atoms with Gasteiger partial charge in [0, 0.05) is 21.8 Å². The molecule has 17 heteroatoms. The van der Waals surface area contributed by atoms with Gasteiger partial charge in [0.1, 0.15) is 12.3 Å². The summed E-state index contributed by atoms with van der Waals surface area (Å²) in [5.41, 5.74) is -7.97. The molecule has 1 aliphatic heterocycles. The highest BCUT2D eigenvalue weighted by atomic mass is 35.5. The van der Waals surface area contributed by atoms with Crippen molar-refractivity contribution in [2.75, 3.05) is 6.54 Å². The summed E-state index contributed by atoms with van der Waals surface area (Å²) in [5.74, 6) is -2.80. The lowest BCUT2D eigenvalue weighted by atomic mass is 9.88. The smallest absolute Gasteiger partial charge is 0.374 e. The molecule has 3 rings (SSSR count). The maximum Gasteiger partial charge on any atom is 0.435 e. The van der Waals surface area contributed by atoms with Gasteiger partial charge in [-0.3, -0.25) is 4.79 Å². The molecule has 0 saturated carbocycles. The van der Waals surface area contributed by atoms with Gasteiger partial charge in [0.05, 0.1) is 12.0 Å². The minimum Gasteiger partial charge on any atom is -0.374 e. The van der Waals surface area contributed by atoms with E-state index >= 15 is 0 Å². The number of alkyl halides is 9. The number of amides is 1. The van der Waals surface area contributed by atoms with Crippen LogP contribution in [0.5, 0.6) is 0 Å². The summed E-state index contributed by atoms with van der Waals surface area (Å²) in [5, 5.41) is 4.04. The molecule has 0 aliphatic carbocycles. The van der Waals surface area contributed by atoms with E-state index in [2.05, 4.69) is 20.0 Å². The van der Waals surface area contributed by atoms with E-state index in [-0.39, 0.29) is 16.2 Å². The maximum atomic E-state index is 14.0. The summed E-state index contributed by atoms with van der Waals surface area (Å²) < 4.78 is 119. The SMILES string of the molecule is O=C(NCC(F)(F)F)c1cnc(C2=NOC(c3cc(Cl)cc(Cl)c3)(C(F)(F)F)C2)nc1C(F)(F)F. The fourth-order valence-electron chi connectivity index (χ4n) is 2.99. The van der Waals surface area contributed by atoms with E-state index in [9.17, 15) is 44.3 Å². The molecule has 190 valence electrons. The molecule has 0 spiro atoms. The highest BCUT2D eigenvalue weighted by Crippen LogP contribution is 2.49. The summed E-state index contributed by atoms with van der Waals surface area (Å²) in [7, 11) is 0. The van der Waals surface area contributed by atoms with Crippen LogP contribution in [0, 0.1) is 0 Å². The van der Waals surface area contributed by atoms with Crippen LogP contribution in [-0.2, 0) is 16.6 Å². The summed E-state index contributed by atoms with van der Waals surface area (Å²) in [6.45, 7) is -1.94. The predicted octanol–water partition coefficient (Wildman–Crippen LogP) is 5.68. The molecule has 0 saturated heterocycles. The number of carbonyl (C=O) groups is 1. The van der Waals surface area contributed by atoms with Crippen molar-refractivity contribution in [2.45, 2.75) is 30.6 Å². The quantitative estimate of drug-likeness (QED) is 0.494. The van der Waals surface area contributed by atoms with E-state index < -0.39 is 71.4 Å². The Morgan fingerprint density at radius 3 is 2.14 bits per heavy atom. The Balaban J connectivity index is 2.00. The van der Waals surface area contributed by atoms with Crippen LogP contribution in [0.15, 0.2) is 29.6 Å². The predicted molar refractivity (Wildman–Crippen MR) is 102 cm³/mol. The minimum absolute atomic E-state index is 0.196. The molecule has 1 N–H and O–H groups in total. The monoisotopic (exact) mass is 554 g/mol. The first kappa shape index (κ1) is 26.8. The molecular weight excluding hydrogens is 546 g/mol. The van der Waals surface area contributed by atoms with Crippen molar-refractivity contribution in [3.63, 3.8) is 0 Å². The van der Waals surface area contributed by atoms with Crippen LogP contribution in [0.3, 0.4) is 0 Å². The van der Waals surface area contributed by atoms with Gasteiger partial charge in [0.25, 0.3) is 11.5 Å². The van der Waals surface area contributed by atoms with Gasteiger partial charge in [-0.1, -0.05) is 28.4 Å². The van der Waals surface area contributed by atoms with Gasteiger partial charge >= 0.3 is 18.5 Å². The van der Waals surface area contributed by atoms with E-state index in [4.69, 9.17) is 23.2 Å². The standard InChI is InChI=1S/C18H9Cl2F9N4O2/c19-8-1-7(2-9(20)3-8)15(18(27,28)29)4-11(33-35-15)13-30-5-10(12(32-13)17(24,25)26)14(34)31-6-16(21,22)23/h1-3,5H,4,6H2,(H,31,34). The zero-order valence-electron chi connectivity index (χ0n) is 16.5. The van der Waals surface area contributed by atoms with Gasteiger partial charge in [-0.05, 0) is 18.2 Å². The molecule has 1 aromatic carbocycles. The van der Waals surface area contributed by atoms with Gasteiger partial charge in [0.2, 0.25) is 0 Å². The van der Waals surface area contributed by atoms with Gasteiger partial charge in [-0.25, -0.2) is 9.97 Å². The number of carbonyl (C=O) groups excluding carboxylic acids is 1. The highest BCUT2D eigenvalue weighted by Gasteiger charge is 2.63. The van der Waals surface area contributed by atoms with Crippen molar-refractivity contribution < 1.29 is 49.1 Å². The van der Waals surface area contributed by atoms with Crippen LogP contribution < -0.4 is 5.32 Å². The van der Waals surface area contributed by atoms with Crippen molar-refractivity contribution in [3.05, 3.63) is 57.1 Å². The van der Waals surface area contributed by atoms with Crippen LogP contribution in [0.25, 0.3) is 0 Å². The Morgan fingerprint density at radius 1 is 1.03 bits per heavy atom. The van der Waals surface area contributed by atoms with Crippen LogP contribution in [-0.4, -0.2) is 40.5 Å².